The van der Waals surface area contributed by atoms with Gasteiger partial charge in [-0.3, -0.25) is 4.79 Å². The molecule has 1 atom stereocenters. The van der Waals surface area contributed by atoms with Crippen LogP contribution in [-0.4, -0.2) is 46.6 Å². The Morgan fingerprint density at radius 2 is 2.43 bits per heavy atom. The molecule has 2 heterocycles. The van der Waals surface area contributed by atoms with E-state index in [4.69, 9.17) is 4.74 Å². The predicted molar refractivity (Wildman–Crippen MR) is 74.3 cm³/mol. The summed E-state index contributed by atoms with van der Waals surface area (Å²) in [6, 6.07) is 6.46. The summed E-state index contributed by atoms with van der Waals surface area (Å²) in [5.74, 6) is -0.339. The highest BCUT2D eigenvalue weighted by Crippen LogP contribution is 2.14. The van der Waals surface area contributed by atoms with Crippen LogP contribution in [0, 0.1) is 5.82 Å². The maximum atomic E-state index is 13.2. The Balaban J connectivity index is 1.64. The van der Waals surface area contributed by atoms with Crippen molar-refractivity contribution in [2.75, 3.05) is 19.7 Å². The Bertz CT molecular complexity index is 615. The predicted octanol–water partition coefficient (Wildman–Crippen LogP) is 1.63. The van der Waals surface area contributed by atoms with Crippen LogP contribution in [0.2, 0.25) is 0 Å². The first kappa shape index (κ1) is 13.8. The summed E-state index contributed by atoms with van der Waals surface area (Å²) < 4.78 is 18.9. The second kappa shape index (κ2) is 6.05. The molecule has 1 amide bonds. The molecule has 110 valence electrons. The van der Waals surface area contributed by atoms with Gasteiger partial charge in [0, 0.05) is 19.5 Å². The summed E-state index contributed by atoms with van der Waals surface area (Å²) >= 11 is 0. The van der Waals surface area contributed by atoms with Gasteiger partial charge in [0.1, 0.15) is 11.5 Å². The standard InChI is InChI=1S/C15H16FN3O2/c16-12-3-1-2-11(6-12)7-13-9-19(4-5-21-13)15(20)14-8-17-10-18-14/h1-3,6,8,10,13H,4-5,7,9H2,(H,17,18)/t13-/m1/s1. The summed E-state index contributed by atoms with van der Waals surface area (Å²) in [7, 11) is 0. The number of halogens is 1. The van der Waals surface area contributed by atoms with Gasteiger partial charge in [-0.15, -0.1) is 0 Å². The smallest absolute Gasteiger partial charge is 0.272 e. The number of ether oxygens (including phenoxy) is 1. The van der Waals surface area contributed by atoms with Gasteiger partial charge in [-0.2, -0.15) is 0 Å². The molecule has 0 radical (unpaired) electrons. The van der Waals surface area contributed by atoms with Gasteiger partial charge in [0.25, 0.3) is 5.91 Å². The van der Waals surface area contributed by atoms with Gasteiger partial charge >= 0.3 is 0 Å². The molecule has 1 aromatic heterocycles. The van der Waals surface area contributed by atoms with Crippen LogP contribution in [0.3, 0.4) is 0 Å². The van der Waals surface area contributed by atoms with Crippen molar-refractivity contribution in [3.8, 4) is 0 Å². The molecule has 1 N–H and O–H groups in total. The van der Waals surface area contributed by atoms with Gasteiger partial charge in [0.15, 0.2) is 0 Å². The van der Waals surface area contributed by atoms with E-state index < -0.39 is 0 Å². The lowest BCUT2D eigenvalue weighted by molar-refractivity contribution is -0.0210. The van der Waals surface area contributed by atoms with E-state index in [-0.39, 0.29) is 17.8 Å². The van der Waals surface area contributed by atoms with Crippen molar-refractivity contribution in [1.29, 1.82) is 0 Å². The van der Waals surface area contributed by atoms with Crippen molar-refractivity contribution in [3.63, 3.8) is 0 Å². The minimum absolute atomic E-state index is 0.0833. The van der Waals surface area contributed by atoms with Crippen LogP contribution in [-0.2, 0) is 11.2 Å². The Morgan fingerprint density at radius 1 is 1.52 bits per heavy atom. The topological polar surface area (TPSA) is 58.2 Å². The van der Waals surface area contributed by atoms with Crippen LogP contribution in [0.1, 0.15) is 16.1 Å². The van der Waals surface area contributed by atoms with Crippen molar-refractivity contribution < 1.29 is 13.9 Å². The van der Waals surface area contributed by atoms with E-state index in [0.29, 0.717) is 31.8 Å². The van der Waals surface area contributed by atoms with Crippen LogP contribution < -0.4 is 0 Å². The van der Waals surface area contributed by atoms with Crippen molar-refractivity contribution in [2.45, 2.75) is 12.5 Å². The van der Waals surface area contributed by atoms with Crippen LogP contribution in [0.4, 0.5) is 4.39 Å². The Morgan fingerprint density at radius 3 is 3.19 bits per heavy atom. The average molecular weight is 289 g/mol. The summed E-state index contributed by atoms with van der Waals surface area (Å²) in [5, 5.41) is 0. The van der Waals surface area contributed by atoms with Gasteiger partial charge in [0.05, 0.1) is 25.2 Å². The van der Waals surface area contributed by atoms with Crippen LogP contribution in [0.5, 0.6) is 0 Å². The molecule has 0 saturated carbocycles. The van der Waals surface area contributed by atoms with Crippen molar-refractivity contribution in [1.82, 2.24) is 14.9 Å². The third-order valence-electron chi connectivity index (χ3n) is 3.51. The number of morpholine rings is 1. The first-order valence-corrected chi connectivity index (χ1v) is 6.86. The number of nitrogens with zero attached hydrogens (tertiary/aromatic N) is 2. The number of aromatic amines is 1. The number of nitrogens with one attached hydrogen (secondary N) is 1. The summed E-state index contributed by atoms with van der Waals surface area (Å²) in [4.78, 5) is 20.7. The zero-order valence-electron chi connectivity index (χ0n) is 11.5. The van der Waals surface area contributed by atoms with Crippen LogP contribution in [0.25, 0.3) is 0 Å². The quantitative estimate of drug-likeness (QED) is 0.934. The molecule has 0 spiro atoms. The number of carbonyl (C=O) groups is 1. The second-order valence-corrected chi connectivity index (χ2v) is 5.04. The molecule has 1 aromatic carbocycles. The molecule has 6 heteroatoms. The number of benzene rings is 1. The molecule has 21 heavy (non-hydrogen) atoms. The molecule has 1 aliphatic heterocycles. The third kappa shape index (κ3) is 3.28. The zero-order valence-corrected chi connectivity index (χ0v) is 11.5. The van der Waals surface area contributed by atoms with E-state index in [1.165, 1.54) is 24.7 Å². The SMILES string of the molecule is O=C(c1cnc[nH]1)N1CCO[C@H](Cc2cccc(F)c2)C1. The molecule has 1 fully saturated rings. The number of rotatable bonds is 3. The molecule has 0 bridgehead atoms. The fraction of sp³-hybridized carbons (Fsp3) is 0.333. The molecule has 5 nitrogen and oxygen atoms in total. The fourth-order valence-electron chi connectivity index (χ4n) is 2.50. The van der Waals surface area contributed by atoms with Crippen LogP contribution in [0.15, 0.2) is 36.8 Å². The molecular weight excluding hydrogens is 273 g/mol. The molecule has 1 saturated heterocycles. The van der Waals surface area contributed by atoms with Gasteiger partial charge in [-0.1, -0.05) is 12.1 Å². The number of hydrogen-bond acceptors (Lipinski definition) is 3. The van der Waals surface area contributed by atoms with E-state index in [9.17, 15) is 9.18 Å². The maximum Gasteiger partial charge on any atom is 0.272 e. The van der Waals surface area contributed by atoms with Gasteiger partial charge in [-0.05, 0) is 17.7 Å². The maximum absolute atomic E-state index is 13.2. The van der Waals surface area contributed by atoms with E-state index in [0.717, 1.165) is 5.56 Å². The average Bonchev–Trinajstić information content (AvgIpc) is 3.01. The molecule has 0 aliphatic carbocycles. The van der Waals surface area contributed by atoms with E-state index in [2.05, 4.69) is 9.97 Å². The first-order valence-electron chi connectivity index (χ1n) is 6.86. The monoisotopic (exact) mass is 289 g/mol. The van der Waals surface area contributed by atoms with Gasteiger partial charge < -0.3 is 14.6 Å². The Hall–Kier alpha value is -2.21. The van der Waals surface area contributed by atoms with Gasteiger partial charge in [-0.25, -0.2) is 9.37 Å². The minimum atomic E-state index is -0.256. The molecule has 2 aromatic rings. The number of H-pyrrole nitrogens is 1. The lowest BCUT2D eigenvalue weighted by Gasteiger charge is -2.32. The second-order valence-electron chi connectivity index (χ2n) is 5.04. The van der Waals surface area contributed by atoms with Gasteiger partial charge in [0.2, 0.25) is 0 Å². The number of imidazole rings is 1. The third-order valence-corrected chi connectivity index (χ3v) is 3.51. The lowest BCUT2D eigenvalue weighted by atomic mass is 10.1. The van der Waals surface area contributed by atoms with Crippen molar-refractivity contribution >= 4 is 5.91 Å². The number of hydrogen-bond donors (Lipinski definition) is 1. The fourth-order valence-corrected chi connectivity index (χ4v) is 2.50. The zero-order chi connectivity index (χ0) is 14.7. The Labute approximate surface area is 121 Å². The number of carbonyl (C=O) groups excluding carboxylic acids is 1. The summed E-state index contributed by atoms with van der Waals surface area (Å²) in [6.07, 6.45) is 3.47. The number of amides is 1. The lowest BCUT2D eigenvalue weighted by Crippen LogP contribution is -2.46. The molecule has 3 rings (SSSR count). The van der Waals surface area contributed by atoms with Crippen molar-refractivity contribution in [3.05, 3.63) is 53.9 Å². The Kier molecular flexibility index (Phi) is 3.96. The molecular formula is C15H16FN3O2. The van der Waals surface area contributed by atoms with E-state index in [1.807, 2.05) is 6.07 Å². The van der Waals surface area contributed by atoms with E-state index in [1.54, 1.807) is 11.0 Å². The van der Waals surface area contributed by atoms with E-state index >= 15 is 0 Å². The highest BCUT2D eigenvalue weighted by atomic mass is 19.1. The number of aromatic nitrogens is 2. The first-order chi connectivity index (χ1) is 10.2. The largest absolute Gasteiger partial charge is 0.374 e. The summed E-state index contributed by atoms with van der Waals surface area (Å²) in [5.41, 5.74) is 1.34. The molecule has 0 unspecified atom stereocenters. The highest BCUT2D eigenvalue weighted by molar-refractivity contribution is 5.92. The molecule has 1 aliphatic rings. The van der Waals surface area contributed by atoms with Crippen LogP contribution >= 0.6 is 0 Å². The highest BCUT2D eigenvalue weighted by Gasteiger charge is 2.25. The summed E-state index contributed by atoms with van der Waals surface area (Å²) in [6.45, 7) is 1.53. The minimum Gasteiger partial charge on any atom is -0.374 e. The normalized spacial score (nSPS) is 18.7. The van der Waals surface area contributed by atoms with Crippen molar-refractivity contribution in [2.24, 2.45) is 0 Å².